The molecule has 0 bridgehead atoms. The van der Waals surface area contributed by atoms with Gasteiger partial charge in [0.1, 0.15) is 5.56 Å². The fourth-order valence-corrected chi connectivity index (χ4v) is 4.41. The summed E-state index contributed by atoms with van der Waals surface area (Å²) in [6.07, 6.45) is -4.22. The zero-order chi connectivity index (χ0) is 28.3. The highest BCUT2D eigenvalue weighted by molar-refractivity contribution is 7.90. The van der Waals surface area contributed by atoms with Gasteiger partial charge in [-0.25, -0.2) is 8.42 Å². The number of amides is 1. The second-order valence-corrected chi connectivity index (χ2v) is 11.0. The Balaban J connectivity index is 2.00. The normalized spacial score (nSPS) is 12.8. The monoisotopic (exact) mass is 551 g/mol. The number of nitrogens with zero attached hydrogens (tertiary/aromatic N) is 1. The second kappa shape index (κ2) is 11.5. The Morgan fingerprint density at radius 3 is 2.32 bits per heavy atom. The maximum atomic E-state index is 13.4. The highest BCUT2D eigenvalue weighted by Crippen LogP contribution is 2.30. The van der Waals surface area contributed by atoms with Crippen LogP contribution in [0.4, 0.5) is 13.2 Å². The number of sulfone groups is 1. The molecule has 3 N–H and O–H groups in total. The third-order valence-electron chi connectivity index (χ3n) is 5.79. The van der Waals surface area contributed by atoms with E-state index in [1.54, 1.807) is 13.8 Å². The summed E-state index contributed by atoms with van der Waals surface area (Å²) in [6.45, 7) is 3.47. The molecule has 0 saturated heterocycles. The number of benzene rings is 2. The molecule has 0 aliphatic carbocycles. The number of hydrogen-bond donors (Lipinski definition) is 3. The van der Waals surface area contributed by atoms with Gasteiger partial charge in [0.25, 0.3) is 11.5 Å². The molecule has 204 valence electrons. The predicted molar refractivity (Wildman–Crippen MR) is 136 cm³/mol. The van der Waals surface area contributed by atoms with Crippen LogP contribution in [0.15, 0.2) is 64.3 Å². The summed E-state index contributed by atoms with van der Waals surface area (Å²) in [5, 5.41) is 15.1. The molecule has 0 spiro atoms. The van der Waals surface area contributed by atoms with Gasteiger partial charge in [0.15, 0.2) is 9.84 Å². The molecule has 0 saturated carbocycles. The lowest BCUT2D eigenvalue weighted by molar-refractivity contribution is -0.137. The van der Waals surface area contributed by atoms with Crippen LogP contribution < -0.4 is 16.2 Å². The average Bonchev–Trinajstić information content (AvgIpc) is 2.83. The summed E-state index contributed by atoms with van der Waals surface area (Å²) in [7, 11) is -3.39. The van der Waals surface area contributed by atoms with Gasteiger partial charge in [-0.2, -0.15) is 13.2 Å². The number of aromatic nitrogens is 1. The summed E-state index contributed by atoms with van der Waals surface area (Å²) in [5.41, 5.74) is -0.686. The lowest BCUT2D eigenvalue weighted by Crippen LogP contribution is -2.35. The van der Waals surface area contributed by atoms with E-state index < -0.39 is 39.1 Å². The van der Waals surface area contributed by atoms with Crippen LogP contribution in [0.5, 0.6) is 0 Å². The zero-order valence-electron chi connectivity index (χ0n) is 21.0. The molecule has 2 aromatic carbocycles. The van der Waals surface area contributed by atoms with E-state index in [1.165, 1.54) is 42.5 Å². The van der Waals surface area contributed by atoms with Crippen molar-refractivity contribution in [3.05, 3.63) is 92.9 Å². The van der Waals surface area contributed by atoms with Crippen LogP contribution in [0.1, 0.15) is 39.7 Å². The molecule has 0 radical (unpaired) electrons. The molecule has 1 heterocycles. The fraction of sp³-hybridized carbons (Fsp3) is 0.308. The van der Waals surface area contributed by atoms with E-state index in [4.69, 9.17) is 0 Å². The number of nitrogens with one attached hydrogen (secondary N) is 2. The Hall–Kier alpha value is -3.48. The van der Waals surface area contributed by atoms with Gasteiger partial charge < -0.3 is 15.7 Å². The molecule has 12 heteroatoms. The van der Waals surface area contributed by atoms with Crippen molar-refractivity contribution >= 4 is 15.7 Å². The van der Waals surface area contributed by atoms with Crippen LogP contribution in [0.3, 0.4) is 0 Å². The summed E-state index contributed by atoms with van der Waals surface area (Å²) in [5.74, 6) is -0.750. The van der Waals surface area contributed by atoms with Gasteiger partial charge in [-0.05, 0) is 61.4 Å². The van der Waals surface area contributed by atoms with E-state index in [2.05, 4.69) is 10.6 Å². The molecular formula is C26H28F3N3O5S. The fourth-order valence-electron chi connectivity index (χ4n) is 3.78. The average molecular weight is 552 g/mol. The summed E-state index contributed by atoms with van der Waals surface area (Å²) >= 11 is 0. The standard InChI is InChI=1S/C26H28F3N3O5S/c1-16(33)13-30-15-19-11-23(24(34)31-14-18-7-9-22(10-8-18)38(3,36)37)25(35)32(17(19)2)21-6-4-5-20(12-21)26(27,28)29/h4-12,16,30,33H,13-15H2,1-3H3,(H,31,34). The minimum Gasteiger partial charge on any atom is -0.392 e. The number of alkyl halides is 3. The topological polar surface area (TPSA) is 118 Å². The molecule has 1 atom stereocenters. The van der Waals surface area contributed by atoms with Crippen molar-refractivity contribution in [1.29, 1.82) is 0 Å². The molecule has 38 heavy (non-hydrogen) atoms. The quantitative estimate of drug-likeness (QED) is 0.377. The van der Waals surface area contributed by atoms with Gasteiger partial charge >= 0.3 is 6.18 Å². The Morgan fingerprint density at radius 1 is 1.08 bits per heavy atom. The van der Waals surface area contributed by atoms with E-state index in [0.717, 1.165) is 23.0 Å². The number of carbonyl (C=O) groups is 1. The number of halogens is 3. The minimum atomic E-state index is -4.63. The van der Waals surface area contributed by atoms with Crippen molar-refractivity contribution in [3.8, 4) is 5.69 Å². The maximum absolute atomic E-state index is 13.4. The molecular weight excluding hydrogens is 523 g/mol. The van der Waals surface area contributed by atoms with Crippen molar-refractivity contribution in [2.45, 2.75) is 44.1 Å². The predicted octanol–water partition coefficient (Wildman–Crippen LogP) is 2.97. The molecule has 3 rings (SSSR count). The molecule has 1 aromatic heterocycles. The van der Waals surface area contributed by atoms with Crippen LogP contribution in [0.25, 0.3) is 5.69 Å². The second-order valence-electron chi connectivity index (χ2n) is 8.94. The molecule has 0 aliphatic heterocycles. The molecule has 1 unspecified atom stereocenters. The Labute approximate surface area is 218 Å². The number of aliphatic hydroxyl groups excluding tert-OH is 1. The van der Waals surface area contributed by atoms with Crippen LogP contribution >= 0.6 is 0 Å². The third-order valence-corrected chi connectivity index (χ3v) is 6.92. The van der Waals surface area contributed by atoms with Gasteiger partial charge in [0, 0.05) is 37.3 Å². The lowest BCUT2D eigenvalue weighted by Gasteiger charge is -2.18. The first-order valence-corrected chi connectivity index (χ1v) is 13.5. The summed E-state index contributed by atoms with van der Waals surface area (Å²) in [6, 6.07) is 11.5. The van der Waals surface area contributed by atoms with Crippen LogP contribution in [-0.4, -0.2) is 42.9 Å². The minimum absolute atomic E-state index is 0.0185. The van der Waals surface area contributed by atoms with Crippen LogP contribution in [-0.2, 0) is 29.1 Å². The van der Waals surface area contributed by atoms with Crippen molar-refractivity contribution in [3.63, 3.8) is 0 Å². The number of pyridine rings is 1. The molecule has 8 nitrogen and oxygen atoms in total. The number of hydrogen-bond acceptors (Lipinski definition) is 6. The zero-order valence-corrected chi connectivity index (χ0v) is 21.8. The van der Waals surface area contributed by atoms with Crippen molar-refractivity contribution in [2.75, 3.05) is 12.8 Å². The van der Waals surface area contributed by atoms with Gasteiger partial charge in [0.05, 0.1) is 16.6 Å². The Kier molecular flexibility index (Phi) is 8.80. The van der Waals surface area contributed by atoms with Crippen molar-refractivity contribution in [2.24, 2.45) is 0 Å². The number of carbonyl (C=O) groups excluding carboxylic acids is 1. The van der Waals surface area contributed by atoms with Gasteiger partial charge in [-0.15, -0.1) is 0 Å². The van der Waals surface area contributed by atoms with E-state index in [0.29, 0.717) is 16.8 Å². The third kappa shape index (κ3) is 7.09. The Morgan fingerprint density at radius 2 is 1.74 bits per heavy atom. The Bertz CT molecular complexity index is 1480. The van der Waals surface area contributed by atoms with Crippen molar-refractivity contribution in [1.82, 2.24) is 15.2 Å². The highest BCUT2D eigenvalue weighted by atomic mass is 32.2. The lowest BCUT2D eigenvalue weighted by atomic mass is 10.1. The molecule has 0 fully saturated rings. The SMILES string of the molecule is Cc1c(CNCC(C)O)cc(C(=O)NCc2ccc(S(C)(=O)=O)cc2)c(=O)n1-c1cccc(C(F)(F)F)c1. The molecule has 1 amide bonds. The van der Waals surface area contributed by atoms with Crippen molar-refractivity contribution < 1.29 is 31.5 Å². The van der Waals surface area contributed by atoms with Gasteiger partial charge in [-0.3, -0.25) is 14.2 Å². The smallest absolute Gasteiger partial charge is 0.392 e. The van der Waals surface area contributed by atoms with E-state index in [-0.39, 0.29) is 35.8 Å². The van der Waals surface area contributed by atoms with E-state index >= 15 is 0 Å². The first kappa shape index (κ1) is 29.1. The number of rotatable bonds is 9. The first-order valence-electron chi connectivity index (χ1n) is 11.6. The molecule has 3 aromatic rings. The highest BCUT2D eigenvalue weighted by Gasteiger charge is 2.31. The largest absolute Gasteiger partial charge is 0.416 e. The van der Waals surface area contributed by atoms with Gasteiger partial charge in [-0.1, -0.05) is 18.2 Å². The van der Waals surface area contributed by atoms with E-state index in [9.17, 15) is 36.3 Å². The van der Waals surface area contributed by atoms with Crippen LogP contribution in [0, 0.1) is 6.92 Å². The maximum Gasteiger partial charge on any atom is 0.416 e. The first-order chi connectivity index (χ1) is 17.7. The van der Waals surface area contributed by atoms with Crippen LogP contribution in [0.2, 0.25) is 0 Å². The summed E-state index contributed by atoms with van der Waals surface area (Å²) in [4.78, 5) is 26.6. The molecule has 0 aliphatic rings. The number of aliphatic hydroxyl groups is 1. The van der Waals surface area contributed by atoms with Gasteiger partial charge in [0.2, 0.25) is 0 Å². The summed E-state index contributed by atoms with van der Waals surface area (Å²) < 4.78 is 64.4. The van der Waals surface area contributed by atoms with E-state index in [1.807, 2.05) is 0 Å².